The molecule has 0 atom stereocenters. The molecule has 3 N–H and O–H groups in total. The summed E-state index contributed by atoms with van der Waals surface area (Å²) in [4.78, 5) is 4.20. The van der Waals surface area contributed by atoms with E-state index in [-0.39, 0.29) is 12.4 Å². The van der Waals surface area contributed by atoms with Gasteiger partial charge in [-0.2, -0.15) is 0 Å². The second kappa shape index (κ2) is 6.36. The van der Waals surface area contributed by atoms with Crippen molar-refractivity contribution in [3.8, 4) is 11.8 Å². The number of nitrogens with one attached hydrogen (secondary N) is 1. The molecule has 0 unspecified atom stereocenters. The highest BCUT2D eigenvalue weighted by atomic mass is 32.2. The molecule has 0 amide bonds. The maximum absolute atomic E-state index is 13.2. The predicted molar refractivity (Wildman–Crippen MR) is 73.0 cm³/mol. The van der Waals surface area contributed by atoms with Crippen LogP contribution in [0.4, 0.5) is 4.39 Å². The van der Waals surface area contributed by atoms with E-state index in [1.54, 1.807) is 6.07 Å². The molecule has 0 saturated carbocycles. The number of nitrogens with two attached hydrogens (primary N) is 1. The zero-order chi connectivity index (χ0) is 13.7. The van der Waals surface area contributed by atoms with Crippen molar-refractivity contribution in [1.29, 1.82) is 0 Å². The van der Waals surface area contributed by atoms with Gasteiger partial charge >= 0.3 is 0 Å². The van der Waals surface area contributed by atoms with Gasteiger partial charge in [-0.15, -0.1) is 5.10 Å². The van der Waals surface area contributed by atoms with Gasteiger partial charge in [-0.3, -0.25) is 5.10 Å². The third kappa shape index (κ3) is 3.81. The largest absolute Gasteiger partial charge is 0.320 e. The second-order valence-corrected chi connectivity index (χ2v) is 4.74. The molecule has 1 heterocycles. The number of hydrogen-bond donors (Lipinski definition) is 2. The minimum atomic E-state index is -0.302. The number of benzene rings is 1. The Labute approximate surface area is 115 Å². The molecule has 1 aromatic carbocycles. The highest BCUT2D eigenvalue weighted by Crippen LogP contribution is 2.21. The molecule has 19 heavy (non-hydrogen) atoms. The van der Waals surface area contributed by atoms with Crippen molar-refractivity contribution >= 4 is 11.8 Å². The van der Waals surface area contributed by atoms with Crippen molar-refractivity contribution in [3.05, 3.63) is 41.0 Å². The lowest BCUT2D eigenvalue weighted by molar-refractivity contribution is 0.627. The summed E-state index contributed by atoms with van der Waals surface area (Å²) in [5, 5.41) is 7.48. The van der Waals surface area contributed by atoms with Gasteiger partial charge in [-0.1, -0.05) is 29.7 Å². The Kier molecular flexibility index (Phi) is 4.55. The fourth-order valence-electron chi connectivity index (χ4n) is 1.47. The normalized spacial score (nSPS) is 10.1. The molecule has 0 spiro atoms. The van der Waals surface area contributed by atoms with Gasteiger partial charge < -0.3 is 5.73 Å². The Bertz CT molecular complexity index is 627. The quantitative estimate of drug-likeness (QED) is 0.663. The van der Waals surface area contributed by atoms with Crippen LogP contribution < -0.4 is 5.73 Å². The first kappa shape index (κ1) is 13.6. The highest BCUT2D eigenvalue weighted by molar-refractivity contribution is 7.98. The molecule has 0 radical (unpaired) electrons. The minimum Gasteiger partial charge on any atom is -0.320 e. The summed E-state index contributed by atoms with van der Waals surface area (Å²) < 4.78 is 13.2. The first-order valence-electron chi connectivity index (χ1n) is 5.68. The Morgan fingerprint density at radius 3 is 3.00 bits per heavy atom. The summed E-state index contributed by atoms with van der Waals surface area (Å²) in [5.74, 6) is 6.71. The van der Waals surface area contributed by atoms with Gasteiger partial charge in [0.15, 0.2) is 0 Å². The Morgan fingerprint density at radius 2 is 2.32 bits per heavy atom. The third-order valence-corrected chi connectivity index (χ3v) is 3.23. The molecule has 0 fully saturated rings. The number of hydrogen-bond acceptors (Lipinski definition) is 4. The zero-order valence-electron chi connectivity index (χ0n) is 10.4. The predicted octanol–water partition coefficient (Wildman–Crippen LogP) is 1.85. The number of aryl methyl sites for hydroxylation is 1. The number of H-pyrrole nitrogens is 1. The third-order valence-electron chi connectivity index (χ3n) is 2.33. The fraction of sp³-hybridized carbons (Fsp3) is 0.231. The lowest BCUT2D eigenvalue weighted by atomic mass is 10.1. The van der Waals surface area contributed by atoms with Gasteiger partial charge in [0.1, 0.15) is 11.6 Å². The van der Waals surface area contributed by atoms with Gasteiger partial charge in [0, 0.05) is 11.3 Å². The number of halogens is 1. The average molecular weight is 276 g/mol. The molecular formula is C13H13FN4S. The smallest absolute Gasteiger partial charge is 0.208 e. The maximum atomic E-state index is 13.2. The summed E-state index contributed by atoms with van der Waals surface area (Å²) in [6, 6.07) is 4.57. The number of thioether (sulfide) groups is 1. The van der Waals surface area contributed by atoms with Crippen molar-refractivity contribution in [2.75, 3.05) is 6.54 Å². The van der Waals surface area contributed by atoms with Gasteiger partial charge in [0.05, 0.1) is 6.54 Å². The Hall–Kier alpha value is -1.84. The van der Waals surface area contributed by atoms with Gasteiger partial charge in [0.2, 0.25) is 5.16 Å². The molecule has 0 aliphatic heterocycles. The van der Waals surface area contributed by atoms with Crippen LogP contribution >= 0.6 is 11.8 Å². The van der Waals surface area contributed by atoms with Crippen LogP contribution in [0.2, 0.25) is 0 Å². The highest BCUT2D eigenvalue weighted by Gasteiger charge is 2.06. The summed E-state index contributed by atoms with van der Waals surface area (Å²) in [6.07, 6.45) is 0. The van der Waals surface area contributed by atoms with Crippen molar-refractivity contribution < 1.29 is 4.39 Å². The van der Waals surface area contributed by atoms with Crippen molar-refractivity contribution in [3.63, 3.8) is 0 Å². The monoisotopic (exact) mass is 276 g/mol. The summed E-state index contributed by atoms with van der Waals surface area (Å²) in [7, 11) is 0. The lowest BCUT2D eigenvalue weighted by Crippen LogP contribution is -1.95. The van der Waals surface area contributed by atoms with Crippen LogP contribution in [0.15, 0.2) is 23.4 Å². The van der Waals surface area contributed by atoms with Crippen LogP contribution in [0.3, 0.4) is 0 Å². The molecular weight excluding hydrogens is 263 g/mol. The summed E-state index contributed by atoms with van der Waals surface area (Å²) in [6.45, 7) is 2.09. The van der Waals surface area contributed by atoms with Gasteiger partial charge in [0.25, 0.3) is 0 Å². The minimum absolute atomic E-state index is 0.253. The van der Waals surface area contributed by atoms with Crippen molar-refractivity contribution in [1.82, 2.24) is 15.2 Å². The first-order valence-corrected chi connectivity index (χ1v) is 6.67. The maximum Gasteiger partial charge on any atom is 0.208 e. The van der Waals surface area contributed by atoms with E-state index >= 15 is 0 Å². The SMILES string of the molecule is Cc1nc(SCc2ccc(F)cc2C#CCN)n[nH]1. The van der Waals surface area contributed by atoms with E-state index in [0.29, 0.717) is 16.5 Å². The van der Waals surface area contributed by atoms with E-state index in [1.165, 1.54) is 23.9 Å². The number of nitrogens with zero attached hydrogens (tertiary/aromatic N) is 2. The van der Waals surface area contributed by atoms with Crippen LogP contribution in [-0.4, -0.2) is 21.7 Å². The van der Waals surface area contributed by atoms with E-state index in [2.05, 4.69) is 27.0 Å². The molecule has 2 rings (SSSR count). The van der Waals surface area contributed by atoms with E-state index in [4.69, 9.17) is 5.73 Å². The molecule has 1 aromatic heterocycles. The van der Waals surface area contributed by atoms with E-state index in [9.17, 15) is 4.39 Å². The molecule has 0 aliphatic rings. The Balaban J connectivity index is 2.15. The van der Waals surface area contributed by atoms with E-state index < -0.39 is 0 Å². The summed E-state index contributed by atoms with van der Waals surface area (Å²) >= 11 is 1.47. The summed E-state index contributed by atoms with van der Waals surface area (Å²) in [5.41, 5.74) is 6.93. The van der Waals surface area contributed by atoms with E-state index in [0.717, 1.165) is 11.4 Å². The standard InChI is InChI=1S/C13H13FN4S/c1-9-16-13(18-17-9)19-8-11-4-5-12(14)7-10(11)3-2-6-15/h4-5,7H,6,8,15H2,1H3,(H,16,17,18). The molecule has 0 aliphatic carbocycles. The molecule has 0 saturated heterocycles. The molecule has 4 nitrogen and oxygen atoms in total. The van der Waals surface area contributed by atoms with Crippen LogP contribution in [0.5, 0.6) is 0 Å². The van der Waals surface area contributed by atoms with E-state index in [1.807, 2.05) is 6.92 Å². The fourth-order valence-corrected chi connectivity index (χ4v) is 2.31. The zero-order valence-corrected chi connectivity index (χ0v) is 11.2. The topological polar surface area (TPSA) is 67.6 Å². The first-order chi connectivity index (χ1) is 9.19. The van der Waals surface area contributed by atoms with Gasteiger partial charge in [-0.25, -0.2) is 9.37 Å². The van der Waals surface area contributed by atoms with Gasteiger partial charge in [-0.05, 0) is 24.6 Å². The number of aromatic amines is 1. The molecule has 6 heteroatoms. The average Bonchev–Trinajstić information content (AvgIpc) is 2.81. The number of rotatable bonds is 3. The molecule has 98 valence electrons. The van der Waals surface area contributed by atoms with Crippen molar-refractivity contribution in [2.45, 2.75) is 17.8 Å². The Morgan fingerprint density at radius 1 is 1.47 bits per heavy atom. The number of aromatic nitrogens is 3. The van der Waals surface area contributed by atoms with Crippen LogP contribution in [-0.2, 0) is 5.75 Å². The van der Waals surface area contributed by atoms with Crippen LogP contribution in [0.1, 0.15) is 17.0 Å². The van der Waals surface area contributed by atoms with Crippen LogP contribution in [0, 0.1) is 24.6 Å². The molecule has 0 bridgehead atoms. The van der Waals surface area contributed by atoms with Crippen LogP contribution in [0.25, 0.3) is 0 Å². The lowest BCUT2D eigenvalue weighted by Gasteiger charge is -2.03. The molecule has 2 aromatic rings. The second-order valence-electron chi connectivity index (χ2n) is 3.80. The van der Waals surface area contributed by atoms with Crippen molar-refractivity contribution in [2.24, 2.45) is 5.73 Å².